The van der Waals surface area contributed by atoms with E-state index < -0.39 is 34.2 Å². The first-order valence-electron chi connectivity index (χ1n) is 14.0. The quantitative estimate of drug-likeness (QED) is 0.365. The molecule has 4 heterocycles. The largest absolute Gasteiger partial charge is 0.395 e. The summed E-state index contributed by atoms with van der Waals surface area (Å²) in [6.07, 6.45) is 7.45. The molecule has 3 aromatic rings. The highest BCUT2D eigenvalue weighted by molar-refractivity contribution is 7.92. The molecule has 1 aromatic carbocycles. The summed E-state index contributed by atoms with van der Waals surface area (Å²) < 4.78 is 56.5. The van der Waals surface area contributed by atoms with Crippen molar-refractivity contribution in [1.29, 1.82) is 0 Å². The fourth-order valence-corrected chi connectivity index (χ4v) is 6.68. The molecule has 2 saturated heterocycles. The van der Waals surface area contributed by atoms with E-state index in [1.807, 2.05) is 27.6 Å². The van der Waals surface area contributed by atoms with Crippen molar-refractivity contribution in [2.75, 3.05) is 58.4 Å². The molecule has 1 spiro atoms. The molecule has 3 N–H and O–H groups in total. The Morgan fingerprint density at radius 2 is 1.71 bits per heavy atom. The smallest absolute Gasteiger partial charge is 0.258 e. The van der Waals surface area contributed by atoms with E-state index in [9.17, 15) is 22.0 Å². The Bertz CT molecular complexity index is 1550. The first kappa shape index (κ1) is 27.7. The number of carbonyl (C=O) groups excluding carboxylic acids is 1. The van der Waals surface area contributed by atoms with Crippen LogP contribution in [0.4, 0.5) is 31.8 Å². The normalized spacial score (nSPS) is 19.9. The lowest BCUT2D eigenvalue weighted by molar-refractivity contribution is -0.0221. The van der Waals surface area contributed by atoms with Crippen LogP contribution in [0.25, 0.3) is 5.52 Å². The Labute approximate surface area is 237 Å². The number of hydrogen-bond donors (Lipinski definition) is 3. The Kier molecular flexibility index (Phi) is 7.05. The molecule has 220 valence electrons. The summed E-state index contributed by atoms with van der Waals surface area (Å²) in [6, 6.07) is 8.48. The number of aliphatic hydroxyl groups is 1. The van der Waals surface area contributed by atoms with Crippen LogP contribution >= 0.6 is 0 Å². The third kappa shape index (κ3) is 5.96. The average Bonchev–Trinajstić information content (AvgIpc) is 3.50. The highest BCUT2D eigenvalue weighted by Crippen LogP contribution is 2.54. The van der Waals surface area contributed by atoms with E-state index in [4.69, 9.17) is 5.11 Å². The molecule has 10 nitrogen and oxygen atoms in total. The predicted molar refractivity (Wildman–Crippen MR) is 154 cm³/mol. The number of anilines is 4. The maximum absolute atomic E-state index is 13.8. The molecule has 41 heavy (non-hydrogen) atoms. The molecular weight excluding hydrogens is 554 g/mol. The number of benzene rings is 1. The molecule has 0 atom stereocenters. The zero-order chi connectivity index (χ0) is 28.8. The summed E-state index contributed by atoms with van der Waals surface area (Å²) in [5.74, 6) is -2.72. The monoisotopic (exact) mass is 588 g/mol. The highest BCUT2D eigenvalue weighted by Gasteiger charge is 2.44. The van der Waals surface area contributed by atoms with Gasteiger partial charge in [0.05, 0.1) is 41.0 Å². The number of amides is 1. The molecular formula is C28H34F2N6O4S. The fourth-order valence-electron chi connectivity index (χ4n) is 5.85. The Morgan fingerprint density at radius 3 is 2.39 bits per heavy atom. The van der Waals surface area contributed by atoms with Gasteiger partial charge in [0.1, 0.15) is 0 Å². The third-order valence-corrected chi connectivity index (χ3v) is 9.80. The van der Waals surface area contributed by atoms with Gasteiger partial charge in [-0.1, -0.05) is 0 Å². The van der Waals surface area contributed by atoms with Gasteiger partial charge in [0, 0.05) is 45.2 Å². The fraction of sp³-hybridized carbons (Fsp3) is 0.500. The number of rotatable bonds is 8. The minimum absolute atomic E-state index is 0.159. The predicted octanol–water partition coefficient (Wildman–Crippen LogP) is 3.94. The number of nitrogens with zero attached hydrogens (tertiary/aromatic N) is 4. The van der Waals surface area contributed by atoms with Gasteiger partial charge in [0.15, 0.2) is 11.6 Å². The summed E-state index contributed by atoms with van der Waals surface area (Å²) in [4.78, 5) is 22.3. The molecule has 1 aliphatic carbocycles. The topological polar surface area (TPSA) is 119 Å². The number of nitrogens with one attached hydrogen (secondary N) is 2. The molecule has 2 aromatic heterocycles. The molecule has 3 fully saturated rings. The van der Waals surface area contributed by atoms with Crippen molar-refractivity contribution in [1.82, 2.24) is 9.38 Å². The molecule has 6 rings (SSSR count). The van der Waals surface area contributed by atoms with Crippen molar-refractivity contribution in [3.63, 3.8) is 0 Å². The van der Waals surface area contributed by atoms with Crippen molar-refractivity contribution in [3.05, 3.63) is 48.3 Å². The summed E-state index contributed by atoms with van der Waals surface area (Å²) in [6.45, 7) is 1.32. The van der Waals surface area contributed by atoms with E-state index in [1.54, 1.807) is 18.3 Å². The van der Waals surface area contributed by atoms with E-state index in [0.717, 1.165) is 31.4 Å². The van der Waals surface area contributed by atoms with Crippen molar-refractivity contribution >= 4 is 44.5 Å². The van der Waals surface area contributed by atoms with Gasteiger partial charge in [-0.2, -0.15) is 0 Å². The van der Waals surface area contributed by atoms with Crippen LogP contribution in [-0.4, -0.2) is 73.3 Å². The summed E-state index contributed by atoms with van der Waals surface area (Å²) >= 11 is 0. The minimum atomic E-state index is -3.74. The Balaban J connectivity index is 1.29. The van der Waals surface area contributed by atoms with Crippen LogP contribution in [0.3, 0.4) is 0 Å². The van der Waals surface area contributed by atoms with Crippen LogP contribution in [0.1, 0.15) is 48.9 Å². The molecule has 0 radical (unpaired) electrons. The number of alkyl halides is 2. The second-order valence-corrected chi connectivity index (χ2v) is 13.3. The molecule has 3 aliphatic rings. The molecule has 2 aliphatic heterocycles. The molecule has 0 bridgehead atoms. The van der Waals surface area contributed by atoms with Crippen LogP contribution in [0.15, 0.2) is 42.7 Å². The van der Waals surface area contributed by atoms with Gasteiger partial charge in [-0.3, -0.25) is 9.52 Å². The molecule has 0 unspecified atom stereocenters. The minimum Gasteiger partial charge on any atom is -0.395 e. The zero-order valence-corrected chi connectivity index (χ0v) is 23.5. The standard InChI is InChI=1S/C28H34F2N6O4S/c29-28(30)9-14-35(15-10-28)25-22-2-1-11-36(22)19-24(31-25)32-26(38)21-4-3-20(33-41(39,40)17-16-37)18-23(21)34-12-7-27(5-6-27)8-13-34/h1-4,11,18-19,33,37H,5-10,12-17H2,(H,32,38). The maximum atomic E-state index is 13.8. The summed E-state index contributed by atoms with van der Waals surface area (Å²) in [5, 5.41) is 12.0. The Hall–Kier alpha value is -3.45. The number of hydrogen-bond acceptors (Lipinski definition) is 7. The van der Waals surface area contributed by atoms with Crippen molar-refractivity contribution in [3.8, 4) is 0 Å². The SMILES string of the molecule is O=C(Nc1cn2cccc2c(N2CCC(F)(F)CC2)n1)c1ccc(NS(=O)(=O)CCO)cc1N1CCC2(CC1)CC2. The van der Waals surface area contributed by atoms with Crippen LogP contribution < -0.4 is 19.8 Å². The van der Waals surface area contributed by atoms with E-state index in [-0.39, 0.29) is 31.7 Å². The van der Waals surface area contributed by atoms with Gasteiger partial charge in [0.2, 0.25) is 10.0 Å². The van der Waals surface area contributed by atoms with Gasteiger partial charge in [-0.25, -0.2) is 22.2 Å². The first-order chi connectivity index (χ1) is 19.6. The average molecular weight is 589 g/mol. The van der Waals surface area contributed by atoms with Crippen LogP contribution in [0.5, 0.6) is 0 Å². The number of aliphatic hydroxyl groups excluding tert-OH is 1. The van der Waals surface area contributed by atoms with Gasteiger partial charge in [-0.15, -0.1) is 0 Å². The van der Waals surface area contributed by atoms with Crippen molar-refractivity contribution in [2.45, 2.75) is 44.4 Å². The zero-order valence-electron chi connectivity index (χ0n) is 22.7. The van der Waals surface area contributed by atoms with Gasteiger partial charge in [-0.05, 0) is 61.4 Å². The molecule has 13 heteroatoms. The van der Waals surface area contributed by atoms with Crippen LogP contribution in [0.2, 0.25) is 0 Å². The second kappa shape index (κ2) is 10.4. The number of piperidine rings is 2. The Morgan fingerprint density at radius 1 is 1.00 bits per heavy atom. The van der Waals surface area contributed by atoms with Gasteiger partial charge < -0.3 is 24.6 Å². The van der Waals surface area contributed by atoms with Crippen LogP contribution in [0, 0.1) is 5.41 Å². The van der Waals surface area contributed by atoms with Crippen molar-refractivity contribution < 1.29 is 27.1 Å². The molecule has 1 saturated carbocycles. The number of halogens is 2. The van der Waals surface area contributed by atoms with E-state index in [1.165, 1.54) is 18.9 Å². The van der Waals surface area contributed by atoms with Crippen molar-refractivity contribution in [2.24, 2.45) is 5.41 Å². The van der Waals surface area contributed by atoms with E-state index in [2.05, 4.69) is 19.9 Å². The second-order valence-electron chi connectivity index (χ2n) is 11.4. The number of sulfonamides is 1. The number of fused-ring (bicyclic) bond motifs is 1. The highest BCUT2D eigenvalue weighted by atomic mass is 32.2. The maximum Gasteiger partial charge on any atom is 0.258 e. The lowest BCUT2D eigenvalue weighted by atomic mass is 9.93. The summed E-state index contributed by atoms with van der Waals surface area (Å²) in [5.41, 5.74) is 2.46. The van der Waals surface area contributed by atoms with E-state index in [0.29, 0.717) is 28.2 Å². The van der Waals surface area contributed by atoms with Gasteiger partial charge >= 0.3 is 0 Å². The van der Waals surface area contributed by atoms with Crippen LogP contribution in [-0.2, 0) is 10.0 Å². The number of carbonyl (C=O) groups is 1. The summed E-state index contributed by atoms with van der Waals surface area (Å²) in [7, 11) is -3.74. The van der Waals surface area contributed by atoms with E-state index >= 15 is 0 Å². The van der Waals surface area contributed by atoms with Gasteiger partial charge in [0.25, 0.3) is 11.8 Å². The lowest BCUT2D eigenvalue weighted by Gasteiger charge is -2.35. The first-order valence-corrected chi connectivity index (χ1v) is 15.6. The number of aromatic nitrogens is 2. The third-order valence-electron chi connectivity index (χ3n) is 8.53. The lowest BCUT2D eigenvalue weighted by Crippen LogP contribution is -2.40. The molecule has 1 amide bonds.